The maximum absolute atomic E-state index is 14.0. The maximum Gasteiger partial charge on any atom is 0.324 e. The van der Waals surface area contributed by atoms with E-state index < -0.39 is 0 Å². The van der Waals surface area contributed by atoms with Gasteiger partial charge < -0.3 is 10.2 Å². The fourth-order valence-corrected chi connectivity index (χ4v) is 3.25. The van der Waals surface area contributed by atoms with E-state index in [0.29, 0.717) is 30.0 Å². The van der Waals surface area contributed by atoms with Gasteiger partial charge in [-0.1, -0.05) is 38.1 Å². The van der Waals surface area contributed by atoms with E-state index in [2.05, 4.69) is 5.32 Å². The van der Waals surface area contributed by atoms with Crippen molar-refractivity contribution in [1.82, 2.24) is 4.90 Å². The van der Waals surface area contributed by atoms with Crippen molar-refractivity contribution in [2.45, 2.75) is 33.7 Å². The smallest absolute Gasteiger partial charge is 0.324 e. The molecule has 3 rings (SSSR count). The van der Waals surface area contributed by atoms with E-state index in [-0.39, 0.29) is 30.2 Å². The van der Waals surface area contributed by atoms with Crippen LogP contribution in [0.5, 0.6) is 0 Å². The molecule has 1 fully saturated rings. The van der Waals surface area contributed by atoms with Crippen LogP contribution in [0.15, 0.2) is 42.5 Å². The van der Waals surface area contributed by atoms with Gasteiger partial charge in [-0.05, 0) is 37.1 Å². The molecule has 0 atom stereocenters. The van der Waals surface area contributed by atoms with E-state index in [1.807, 2.05) is 39.0 Å². The minimum Gasteiger partial charge on any atom is -0.324 e. The molecule has 0 radical (unpaired) electrons. The molecule has 0 spiro atoms. The molecule has 0 aromatic heterocycles. The summed E-state index contributed by atoms with van der Waals surface area (Å²) in [6, 6.07) is 12.0. The van der Waals surface area contributed by atoms with Crippen molar-refractivity contribution in [3.05, 3.63) is 59.4 Å². The highest BCUT2D eigenvalue weighted by atomic mass is 19.1. The zero-order valence-corrected chi connectivity index (χ0v) is 16.5. The van der Waals surface area contributed by atoms with Crippen LogP contribution < -0.4 is 10.2 Å². The van der Waals surface area contributed by atoms with Crippen molar-refractivity contribution in [2.75, 3.05) is 23.3 Å². The molecule has 1 saturated heterocycles. The number of benzene rings is 2. The van der Waals surface area contributed by atoms with E-state index in [9.17, 15) is 14.0 Å². The summed E-state index contributed by atoms with van der Waals surface area (Å²) in [6.45, 7) is 6.95. The molecule has 1 heterocycles. The van der Waals surface area contributed by atoms with Gasteiger partial charge in [0.1, 0.15) is 5.82 Å². The first-order chi connectivity index (χ1) is 13.4. The second-order valence-electron chi connectivity index (χ2n) is 7.47. The molecule has 0 saturated carbocycles. The van der Waals surface area contributed by atoms with Gasteiger partial charge in [0.15, 0.2) is 0 Å². The van der Waals surface area contributed by atoms with Gasteiger partial charge in [-0.2, -0.15) is 0 Å². The van der Waals surface area contributed by atoms with Crippen LogP contribution in [0.2, 0.25) is 0 Å². The van der Waals surface area contributed by atoms with Crippen LogP contribution in [0.1, 0.15) is 31.4 Å². The Labute approximate surface area is 165 Å². The number of urea groups is 1. The van der Waals surface area contributed by atoms with Crippen molar-refractivity contribution in [3.8, 4) is 0 Å². The zero-order chi connectivity index (χ0) is 20.3. The monoisotopic (exact) mass is 383 g/mol. The second kappa shape index (κ2) is 8.42. The van der Waals surface area contributed by atoms with E-state index in [1.54, 1.807) is 28.0 Å². The molecule has 2 aromatic rings. The number of halogens is 1. The molecule has 0 unspecified atom stereocenters. The number of hydrogen-bond acceptors (Lipinski definition) is 2. The van der Waals surface area contributed by atoms with Crippen molar-refractivity contribution in [3.63, 3.8) is 0 Å². The van der Waals surface area contributed by atoms with Gasteiger partial charge in [0.05, 0.1) is 17.9 Å². The number of nitrogens with one attached hydrogen (secondary N) is 1. The first-order valence-corrected chi connectivity index (χ1v) is 9.58. The molecule has 3 amide bonds. The normalized spacial score (nSPS) is 14.5. The Kier molecular flexibility index (Phi) is 5.97. The number of rotatable bonds is 5. The molecular weight excluding hydrogens is 357 g/mol. The summed E-state index contributed by atoms with van der Waals surface area (Å²) in [7, 11) is 0. The lowest BCUT2D eigenvalue weighted by Gasteiger charge is -2.36. The van der Waals surface area contributed by atoms with Crippen LogP contribution in [-0.4, -0.2) is 29.9 Å². The Bertz CT molecular complexity index is 882. The summed E-state index contributed by atoms with van der Waals surface area (Å²) in [5.41, 5.74) is 2.79. The number of anilines is 2. The molecule has 28 heavy (non-hydrogen) atoms. The van der Waals surface area contributed by atoms with Crippen LogP contribution in [0, 0.1) is 18.7 Å². The van der Waals surface area contributed by atoms with E-state index in [1.165, 1.54) is 6.07 Å². The third-order valence-corrected chi connectivity index (χ3v) is 4.86. The van der Waals surface area contributed by atoms with Crippen molar-refractivity contribution >= 4 is 23.3 Å². The third kappa shape index (κ3) is 4.32. The number of nitrogens with zero attached hydrogens (tertiary/aromatic N) is 2. The van der Waals surface area contributed by atoms with Gasteiger partial charge in [-0.25, -0.2) is 9.18 Å². The summed E-state index contributed by atoms with van der Waals surface area (Å²) in [6.07, 6.45) is 0.769. The SMILES string of the molecule is Cc1ccc(N2CCCN(Cc3ccccc3F)C2=O)c(NC(=O)C(C)C)c1. The van der Waals surface area contributed by atoms with Gasteiger partial charge >= 0.3 is 6.03 Å². The Morgan fingerprint density at radius 2 is 1.93 bits per heavy atom. The highest BCUT2D eigenvalue weighted by molar-refractivity contribution is 6.01. The van der Waals surface area contributed by atoms with Gasteiger partial charge in [0.2, 0.25) is 5.91 Å². The number of amides is 3. The number of carbonyl (C=O) groups excluding carboxylic acids is 2. The molecule has 5 nitrogen and oxygen atoms in total. The molecule has 2 aromatic carbocycles. The number of carbonyl (C=O) groups is 2. The molecular formula is C22H26FN3O2. The van der Waals surface area contributed by atoms with Crippen molar-refractivity contribution < 1.29 is 14.0 Å². The number of hydrogen-bond donors (Lipinski definition) is 1. The van der Waals surface area contributed by atoms with Gasteiger partial charge in [-0.15, -0.1) is 0 Å². The lowest BCUT2D eigenvalue weighted by molar-refractivity contribution is -0.118. The van der Waals surface area contributed by atoms with Crippen LogP contribution in [0.25, 0.3) is 0 Å². The van der Waals surface area contributed by atoms with Crippen LogP contribution in [-0.2, 0) is 11.3 Å². The quantitative estimate of drug-likeness (QED) is 0.823. The average molecular weight is 383 g/mol. The van der Waals surface area contributed by atoms with Crippen LogP contribution in [0.4, 0.5) is 20.6 Å². The second-order valence-corrected chi connectivity index (χ2v) is 7.47. The predicted octanol–water partition coefficient (Wildman–Crippen LogP) is 4.56. The van der Waals surface area contributed by atoms with Crippen molar-refractivity contribution in [1.29, 1.82) is 0 Å². The Balaban J connectivity index is 1.86. The highest BCUT2D eigenvalue weighted by Crippen LogP contribution is 2.31. The largest absolute Gasteiger partial charge is 0.324 e. The van der Waals surface area contributed by atoms with Crippen molar-refractivity contribution in [2.24, 2.45) is 5.92 Å². The molecule has 148 valence electrons. The Hall–Kier alpha value is -2.89. The zero-order valence-electron chi connectivity index (χ0n) is 16.5. The van der Waals surface area contributed by atoms with Gasteiger partial charge in [0.25, 0.3) is 0 Å². The average Bonchev–Trinajstić information content (AvgIpc) is 2.65. The van der Waals surface area contributed by atoms with E-state index >= 15 is 0 Å². The number of aryl methyl sites for hydroxylation is 1. The predicted molar refractivity (Wildman–Crippen MR) is 109 cm³/mol. The topological polar surface area (TPSA) is 52.6 Å². The molecule has 0 bridgehead atoms. The van der Waals surface area contributed by atoms with E-state index in [0.717, 1.165) is 12.0 Å². The fraction of sp³-hybridized carbons (Fsp3) is 0.364. The summed E-state index contributed by atoms with van der Waals surface area (Å²) in [5.74, 6) is -0.574. The lowest BCUT2D eigenvalue weighted by atomic mass is 10.1. The van der Waals surface area contributed by atoms with Crippen LogP contribution >= 0.6 is 0 Å². The Morgan fingerprint density at radius 3 is 2.64 bits per heavy atom. The van der Waals surface area contributed by atoms with Gasteiger partial charge in [0, 0.05) is 24.6 Å². The maximum atomic E-state index is 14.0. The fourth-order valence-electron chi connectivity index (χ4n) is 3.25. The Morgan fingerprint density at radius 1 is 1.18 bits per heavy atom. The summed E-state index contributed by atoms with van der Waals surface area (Å²) in [4.78, 5) is 28.6. The summed E-state index contributed by atoms with van der Waals surface area (Å²) in [5, 5.41) is 2.93. The lowest BCUT2D eigenvalue weighted by Crippen LogP contribution is -2.49. The first-order valence-electron chi connectivity index (χ1n) is 9.58. The first kappa shape index (κ1) is 19.9. The third-order valence-electron chi connectivity index (χ3n) is 4.86. The minimum atomic E-state index is -0.312. The molecule has 0 aliphatic carbocycles. The highest BCUT2D eigenvalue weighted by Gasteiger charge is 2.29. The van der Waals surface area contributed by atoms with E-state index in [4.69, 9.17) is 0 Å². The summed E-state index contributed by atoms with van der Waals surface area (Å²) >= 11 is 0. The standard InChI is InChI=1S/C22H26FN3O2/c1-15(2)21(27)24-19-13-16(3)9-10-20(19)26-12-6-11-25(22(26)28)14-17-7-4-5-8-18(17)23/h4-5,7-10,13,15H,6,11-12,14H2,1-3H3,(H,24,27). The van der Waals surface area contributed by atoms with Gasteiger partial charge in [-0.3, -0.25) is 9.69 Å². The molecule has 1 N–H and O–H groups in total. The molecule has 1 aliphatic heterocycles. The summed E-state index contributed by atoms with van der Waals surface area (Å²) < 4.78 is 14.0. The minimum absolute atomic E-state index is 0.0977. The molecule has 6 heteroatoms. The molecule has 1 aliphatic rings. The van der Waals surface area contributed by atoms with Crippen LogP contribution in [0.3, 0.4) is 0 Å².